The quantitative estimate of drug-likeness (QED) is 0.300. The van der Waals surface area contributed by atoms with E-state index < -0.39 is 24.1 Å². The van der Waals surface area contributed by atoms with Gasteiger partial charge in [-0.25, -0.2) is 8.78 Å². The maximum absolute atomic E-state index is 14.9. The normalized spacial score (nSPS) is 12.3. The van der Waals surface area contributed by atoms with Gasteiger partial charge >= 0.3 is 0 Å². The molecule has 0 saturated carbocycles. The summed E-state index contributed by atoms with van der Waals surface area (Å²) in [5.41, 5.74) is 3.17. The number of halogens is 4. The maximum atomic E-state index is 14.9. The lowest BCUT2D eigenvalue weighted by atomic mass is 9.93. The smallest absolute Gasteiger partial charge is 0.202 e. The van der Waals surface area contributed by atoms with Crippen molar-refractivity contribution >= 4 is 0 Å². The van der Waals surface area contributed by atoms with E-state index in [1.165, 1.54) is 0 Å². The minimum absolute atomic E-state index is 0.0169. The summed E-state index contributed by atoms with van der Waals surface area (Å²) in [5.74, 6) is -2.92. The highest BCUT2D eigenvalue weighted by Gasteiger charge is 2.28. The molecule has 0 unspecified atom stereocenters. The molecule has 1 nitrogen and oxygen atoms in total. The number of ether oxygens (including phenoxy) is 1. The zero-order chi connectivity index (χ0) is 21.3. The summed E-state index contributed by atoms with van der Waals surface area (Å²) in [7, 11) is 0. The van der Waals surface area contributed by atoms with Crippen molar-refractivity contribution in [3.8, 4) is 22.6 Å². The van der Waals surface area contributed by atoms with Gasteiger partial charge in [0.1, 0.15) is 0 Å². The van der Waals surface area contributed by atoms with Crippen molar-refractivity contribution in [1.82, 2.24) is 0 Å². The molecule has 0 radical (unpaired) electrons. The van der Waals surface area contributed by atoms with Crippen molar-refractivity contribution in [3.05, 3.63) is 82.2 Å². The molecule has 30 heavy (non-hydrogen) atoms. The second-order valence-electron chi connectivity index (χ2n) is 7.59. The lowest BCUT2D eigenvalue weighted by Gasteiger charge is -2.23. The van der Waals surface area contributed by atoms with Crippen molar-refractivity contribution in [2.24, 2.45) is 0 Å². The van der Waals surface area contributed by atoms with Gasteiger partial charge in [-0.2, -0.15) is 4.39 Å². The highest BCUT2D eigenvalue weighted by molar-refractivity contribution is 5.68. The Morgan fingerprint density at radius 1 is 0.833 bits per heavy atom. The van der Waals surface area contributed by atoms with Crippen LogP contribution in [0, 0.1) is 17.5 Å². The van der Waals surface area contributed by atoms with Crippen LogP contribution in [0.5, 0.6) is 11.5 Å². The molecule has 4 rings (SSSR count). The fourth-order valence-electron chi connectivity index (χ4n) is 3.89. The topological polar surface area (TPSA) is 9.23 Å². The van der Waals surface area contributed by atoms with Gasteiger partial charge in [-0.3, -0.25) is 4.39 Å². The van der Waals surface area contributed by atoms with E-state index in [0.29, 0.717) is 41.5 Å². The lowest BCUT2D eigenvalue weighted by Crippen LogP contribution is -2.10. The molecule has 0 bridgehead atoms. The summed E-state index contributed by atoms with van der Waals surface area (Å²) in [6, 6.07) is 12.1. The largest absolute Gasteiger partial charge is 0.450 e. The van der Waals surface area contributed by atoms with Gasteiger partial charge in [0.2, 0.25) is 5.82 Å². The van der Waals surface area contributed by atoms with Gasteiger partial charge in [-0.15, -0.1) is 0 Å². The minimum Gasteiger partial charge on any atom is -0.450 e. The number of hydrogen-bond acceptors (Lipinski definition) is 1. The van der Waals surface area contributed by atoms with Crippen LogP contribution in [0.25, 0.3) is 11.1 Å². The molecule has 156 valence electrons. The second kappa shape index (κ2) is 8.50. The summed E-state index contributed by atoms with van der Waals surface area (Å²) in [4.78, 5) is 0. The average Bonchev–Trinajstić information content (AvgIpc) is 2.76. The van der Waals surface area contributed by atoms with Crippen molar-refractivity contribution in [3.63, 3.8) is 0 Å². The van der Waals surface area contributed by atoms with Gasteiger partial charge in [0.15, 0.2) is 23.1 Å². The third-order valence-electron chi connectivity index (χ3n) is 5.47. The number of rotatable bonds is 6. The minimum atomic E-state index is -1.12. The number of benzene rings is 3. The number of fused-ring (bicyclic) bond motifs is 2. The van der Waals surface area contributed by atoms with Gasteiger partial charge in [0, 0.05) is 23.1 Å². The zero-order valence-corrected chi connectivity index (χ0v) is 16.7. The number of aryl methyl sites for hydroxylation is 2. The molecular formula is C25H22F4O. The predicted molar refractivity (Wildman–Crippen MR) is 109 cm³/mol. The van der Waals surface area contributed by atoms with E-state index in [1.54, 1.807) is 42.5 Å². The molecule has 0 saturated heterocycles. The van der Waals surface area contributed by atoms with Crippen LogP contribution in [0.1, 0.15) is 42.0 Å². The summed E-state index contributed by atoms with van der Waals surface area (Å²) >= 11 is 0. The van der Waals surface area contributed by atoms with Crippen molar-refractivity contribution in [2.75, 3.05) is 6.67 Å². The van der Waals surface area contributed by atoms with Crippen LogP contribution in [0.4, 0.5) is 17.6 Å². The van der Waals surface area contributed by atoms with E-state index in [4.69, 9.17) is 4.74 Å². The Labute approximate surface area is 173 Å². The number of alkyl halides is 1. The molecule has 3 aromatic rings. The van der Waals surface area contributed by atoms with Crippen LogP contribution < -0.4 is 4.74 Å². The summed E-state index contributed by atoms with van der Waals surface area (Å²) in [6.07, 6.45) is 2.59. The Hall–Kier alpha value is -2.82. The molecule has 0 N–H and O–H groups in total. The van der Waals surface area contributed by atoms with E-state index in [1.807, 2.05) is 6.92 Å². The first-order chi connectivity index (χ1) is 14.5. The van der Waals surface area contributed by atoms with Crippen LogP contribution in [-0.2, 0) is 19.3 Å². The lowest BCUT2D eigenvalue weighted by molar-refractivity contribution is 0.380. The molecule has 0 aliphatic carbocycles. The van der Waals surface area contributed by atoms with Crippen LogP contribution in [0.15, 0.2) is 42.5 Å². The Morgan fingerprint density at radius 2 is 1.57 bits per heavy atom. The second-order valence-corrected chi connectivity index (χ2v) is 7.59. The van der Waals surface area contributed by atoms with E-state index in [9.17, 15) is 17.6 Å². The predicted octanol–water partition coefficient (Wildman–Crippen LogP) is 7.32. The molecule has 0 atom stereocenters. The first-order valence-electron chi connectivity index (χ1n) is 10.2. The highest BCUT2D eigenvalue weighted by Crippen LogP contribution is 2.43. The van der Waals surface area contributed by atoms with E-state index in [0.717, 1.165) is 12.0 Å². The van der Waals surface area contributed by atoms with Gasteiger partial charge in [-0.1, -0.05) is 49.7 Å². The van der Waals surface area contributed by atoms with Crippen molar-refractivity contribution in [1.29, 1.82) is 0 Å². The van der Waals surface area contributed by atoms with Gasteiger partial charge in [0.05, 0.1) is 6.67 Å². The highest BCUT2D eigenvalue weighted by atomic mass is 19.2. The molecule has 1 aliphatic rings. The summed E-state index contributed by atoms with van der Waals surface area (Å²) in [6.45, 7) is 1.55. The molecule has 0 fully saturated rings. The van der Waals surface area contributed by atoms with Crippen LogP contribution in [0.2, 0.25) is 0 Å². The SMILES string of the molecule is CCCc1ccc2c(c1F)Oc1c(cc(-c3ccc(CCCF)cc3)c(F)c1F)C2. The monoisotopic (exact) mass is 414 g/mol. The molecule has 5 heteroatoms. The Morgan fingerprint density at radius 3 is 2.27 bits per heavy atom. The molecule has 1 heterocycles. The standard InChI is InChI=1S/C25H22F4O/c1-2-4-17-10-11-18-13-19-14-20(16-8-6-15(7-9-16)5-3-12-26)22(28)23(29)25(19)30-24(18)21(17)27/h6-11,14H,2-5,12-13H2,1H3. The van der Waals surface area contributed by atoms with Crippen molar-refractivity contribution < 1.29 is 22.3 Å². The summed E-state index contributed by atoms with van der Waals surface area (Å²) < 4.78 is 62.4. The molecule has 3 aromatic carbocycles. The van der Waals surface area contributed by atoms with Crippen molar-refractivity contribution in [2.45, 2.75) is 39.0 Å². The van der Waals surface area contributed by atoms with Crippen LogP contribution in [-0.4, -0.2) is 6.67 Å². The van der Waals surface area contributed by atoms with Gasteiger partial charge < -0.3 is 4.74 Å². The Balaban J connectivity index is 1.70. The third kappa shape index (κ3) is 3.69. The van der Waals surface area contributed by atoms with E-state index >= 15 is 0 Å². The Bertz CT molecular complexity index is 1070. The fraction of sp³-hybridized carbons (Fsp3) is 0.280. The summed E-state index contributed by atoms with van der Waals surface area (Å²) in [5, 5.41) is 0. The van der Waals surface area contributed by atoms with E-state index in [2.05, 4.69) is 0 Å². The van der Waals surface area contributed by atoms with Crippen LogP contribution >= 0.6 is 0 Å². The molecule has 0 spiro atoms. The zero-order valence-electron chi connectivity index (χ0n) is 16.7. The molecular weight excluding hydrogens is 392 g/mol. The van der Waals surface area contributed by atoms with Gasteiger partial charge in [0.25, 0.3) is 0 Å². The third-order valence-corrected chi connectivity index (χ3v) is 5.47. The maximum Gasteiger partial charge on any atom is 0.202 e. The van der Waals surface area contributed by atoms with Crippen LogP contribution in [0.3, 0.4) is 0 Å². The first kappa shape index (κ1) is 20.5. The van der Waals surface area contributed by atoms with E-state index in [-0.39, 0.29) is 23.5 Å². The molecule has 0 amide bonds. The molecule has 1 aliphatic heterocycles. The molecule has 0 aromatic heterocycles. The van der Waals surface area contributed by atoms with Gasteiger partial charge in [-0.05, 0) is 42.0 Å². The fourth-order valence-corrected chi connectivity index (χ4v) is 3.89. The Kier molecular flexibility index (Phi) is 5.80. The first-order valence-corrected chi connectivity index (χ1v) is 10.2. The average molecular weight is 414 g/mol. The number of hydrogen-bond donors (Lipinski definition) is 0.